The van der Waals surface area contributed by atoms with Crippen molar-refractivity contribution in [1.29, 1.82) is 0 Å². The van der Waals surface area contributed by atoms with Crippen LogP contribution in [-0.2, 0) is 35.4 Å². The highest BCUT2D eigenvalue weighted by Gasteiger charge is 2.26. The van der Waals surface area contributed by atoms with Gasteiger partial charge in [-0.05, 0) is 52.6 Å². The Bertz CT molecular complexity index is 1620. The summed E-state index contributed by atoms with van der Waals surface area (Å²) in [6.45, 7) is 5.38. The Morgan fingerprint density at radius 1 is 0.810 bits per heavy atom. The molecule has 0 aliphatic heterocycles. The molecule has 218 valence electrons. The number of ether oxygens (including phenoxy) is 2. The number of rotatable bonds is 13. The van der Waals surface area contributed by atoms with E-state index >= 15 is 0 Å². The standard InChI is InChI=1S/C33H38N6O3/c1-23(2)14-19-29-30(32(41-3)42-4)38(21-20-24-10-6-5-7-11-24)33(40)39(29)22-25-15-17-26(18-16-25)27-12-8-9-13-28(27)31-34-36-37-35-31/h5-13,15-18,23,32H,14,19-22H2,1-4H3,(H,34,35,36,37). The van der Waals surface area contributed by atoms with Crippen LogP contribution in [0.15, 0.2) is 83.7 Å². The van der Waals surface area contributed by atoms with E-state index in [-0.39, 0.29) is 5.69 Å². The van der Waals surface area contributed by atoms with Gasteiger partial charge in [-0.25, -0.2) is 4.79 Å². The van der Waals surface area contributed by atoms with Crippen LogP contribution in [0.1, 0.15) is 49.1 Å². The molecule has 5 aromatic rings. The van der Waals surface area contributed by atoms with E-state index in [1.54, 1.807) is 14.2 Å². The molecule has 0 atom stereocenters. The Hall–Kier alpha value is -4.34. The van der Waals surface area contributed by atoms with Gasteiger partial charge in [0.2, 0.25) is 5.82 Å². The van der Waals surface area contributed by atoms with E-state index in [2.05, 4.69) is 70.9 Å². The number of benzene rings is 3. The predicted octanol–water partition coefficient (Wildman–Crippen LogP) is 5.67. The zero-order valence-corrected chi connectivity index (χ0v) is 24.7. The van der Waals surface area contributed by atoms with Crippen LogP contribution in [0.25, 0.3) is 22.5 Å². The number of methoxy groups -OCH3 is 2. The highest BCUT2D eigenvalue weighted by Crippen LogP contribution is 2.30. The van der Waals surface area contributed by atoms with Gasteiger partial charge in [-0.1, -0.05) is 92.7 Å². The largest absolute Gasteiger partial charge is 0.350 e. The summed E-state index contributed by atoms with van der Waals surface area (Å²) >= 11 is 0. The minimum atomic E-state index is -0.638. The van der Waals surface area contributed by atoms with Gasteiger partial charge >= 0.3 is 5.69 Å². The summed E-state index contributed by atoms with van der Waals surface area (Å²) in [6, 6.07) is 26.5. The van der Waals surface area contributed by atoms with Gasteiger partial charge in [0.1, 0.15) is 0 Å². The minimum Gasteiger partial charge on any atom is -0.350 e. The fourth-order valence-corrected chi connectivity index (χ4v) is 5.37. The molecule has 9 heteroatoms. The van der Waals surface area contributed by atoms with Crippen LogP contribution in [-0.4, -0.2) is 44.0 Å². The number of imidazole rings is 1. The van der Waals surface area contributed by atoms with Crippen LogP contribution in [0.4, 0.5) is 0 Å². The molecular weight excluding hydrogens is 528 g/mol. The lowest BCUT2D eigenvalue weighted by Crippen LogP contribution is -2.27. The Morgan fingerprint density at radius 2 is 1.50 bits per heavy atom. The molecule has 0 saturated carbocycles. The number of aromatic nitrogens is 6. The molecule has 0 bridgehead atoms. The van der Waals surface area contributed by atoms with Gasteiger partial charge < -0.3 is 9.47 Å². The number of aromatic amines is 1. The number of hydrogen-bond donors (Lipinski definition) is 1. The SMILES string of the molecule is COC(OC)c1c(CCC(C)C)n(Cc2ccc(-c3ccccc3-c3nn[nH]n3)cc2)c(=O)n1CCc1ccccc1. The number of H-pyrrole nitrogens is 1. The van der Waals surface area contributed by atoms with Gasteiger partial charge in [-0.3, -0.25) is 9.13 Å². The first-order valence-corrected chi connectivity index (χ1v) is 14.3. The summed E-state index contributed by atoms with van der Waals surface area (Å²) in [4.78, 5) is 14.1. The molecule has 0 aliphatic rings. The third-order valence-electron chi connectivity index (χ3n) is 7.57. The number of nitrogens with one attached hydrogen (secondary N) is 1. The average molecular weight is 567 g/mol. The van der Waals surface area contributed by atoms with Crippen molar-refractivity contribution in [2.45, 2.75) is 52.5 Å². The molecule has 5 rings (SSSR count). The predicted molar refractivity (Wildman–Crippen MR) is 163 cm³/mol. The number of tetrazole rings is 1. The van der Waals surface area contributed by atoms with Crippen LogP contribution < -0.4 is 5.69 Å². The van der Waals surface area contributed by atoms with Gasteiger partial charge in [0.15, 0.2) is 6.29 Å². The van der Waals surface area contributed by atoms with Gasteiger partial charge in [0, 0.05) is 32.0 Å². The van der Waals surface area contributed by atoms with Gasteiger partial charge in [0.25, 0.3) is 0 Å². The number of hydrogen-bond acceptors (Lipinski definition) is 6. The average Bonchev–Trinajstić information content (AvgIpc) is 3.64. The monoisotopic (exact) mass is 566 g/mol. The summed E-state index contributed by atoms with van der Waals surface area (Å²) in [5.74, 6) is 1.03. The maximum atomic E-state index is 14.1. The second kappa shape index (κ2) is 13.5. The molecule has 1 N–H and O–H groups in total. The van der Waals surface area contributed by atoms with Crippen molar-refractivity contribution in [2.75, 3.05) is 14.2 Å². The van der Waals surface area contributed by atoms with Crippen LogP contribution in [0.3, 0.4) is 0 Å². The van der Waals surface area contributed by atoms with E-state index in [0.29, 0.717) is 24.8 Å². The molecule has 0 spiro atoms. The van der Waals surface area contributed by atoms with E-state index in [1.165, 1.54) is 5.56 Å². The van der Waals surface area contributed by atoms with Crippen LogP contribution in [0.5, 0.6) is 0 Å². The highest BCUT2D eigenvalue weighted by atomic mass is 16.7. The summed E-state index contributed by atoms with van der Waals surface area (Å²) < 4.78 is 15.2. The molecule has 3 aromatic carbocycles. The normalized spacial score (nSPS) is 11.6. The van der Waals surface area contributed by atoms with Crippen molar-refractivity contribution < 1.29 is 9.47 Å². The van der Waals surface area contributed by atoms with Crippen LogP contribution >= 0.6 is 0 Å². The Kier molecular flexibility index (Phi) is 9.41. The van der Waals surface area contributed by atoms with E-state index in [4.69, 9.17) is 9.47 Å². The van der Waals surface area contributed by atoms with Crippen molar-refractivity contribution in [3.8, 4) is 22.5 Å². The third-order valence-corrected chi connectivity index (χ3v) is 7.57. The zero-order valence-electron chi connectivity index (χ0n) is 24.7. The van der Waals surface area contributed by atoms with E-state index in [9.17, 15) is 4.79 Å². The molecule has 0 radical (unpaired) electrons. The Labute approximate surface area is 246 Å². The maximum absolute atomic E-state index is 14.1. The third kappa shape index (κ3) is 6.42. The first-order chi connectivity index (χ1) is 20.5. The molecule has 2 heterocycles. The fourth-order valence-electron chi connectivity index (χ4n) is 5.37. The lowest BCUT2D eigenvalue weighted by molar-refractivity contribution is -0.111. The fraction of sp³-hybridized carbons (Fsp3) is 0.333. The molecule has 0 saturated heterocycles. The number of aryl methyl sites for hydroxylation is 1. The van der Waals surface area contributed by atoms with Crippen molar-refractivity contribution in [2.24, 2.45) is 5.92 Å². The van der Waals surface area contributed by atoms with Crippen molar-refractivity contribution in [3.05, 3.63) is 112 Å². The molecule has 0 amide bonds. The topological polar surface area (TPSA) is 99.9 Å². The van der Waals surface area contributed by atoms with Crippen molar-refractivity contribution >= 4 is 0 Å². The first-order valence-electron chi connectivity index (χ1n) is 14.3. The minimum absolute atomic E-state index is 0.0506. The summed E-state index contributed by atoms with van der Waals surface area (Å²) in [7, 11) is 3.24. The smallest absolute Gasteiger partial charge is 0.329 e. The second-order valence-corrected chi connectivity index (χ2v) is 10.8. The van der Waals surface area contributed by atoms with E-state index in [1.807, 2.05) is 51.6 Å². The molecule has 0 unspecified atom stereocenters. The molecule has 0 aliphatic carbocycles. The van der Waals surface area contributed by atoms with E-state index < -0.39 is 6.29 Å². The van der Waals surface area contributed by atoms with Crippen LogP contribution in [0.2, 0.25) is 0 Å². The van der Waals surface area contributed by atoms with E-state index in [0.717, 1.165) is 52.9 Å². The zero-order chi connectivity index (χ0) is 29.5. The second-order valence-electron chi connectivity index (χ2n) is 10.8. The Balaban J connectivity index is 1.51. The lowest BCUT2D eigenvalue weighted by Gasteiger charge is -2.19. The van der Waals surface area contributed by atoms with Gasteiger partial charge in [-0.2, -0.15) is 5.21 Å². The molecule has 0 fully saturated rings. The molecule has 42 heavy (non-hydrogen) atoms. The lowest BCUT2D eigenvalue weighted by atomic mass is 9.98. The molecule has 9 nitrogen and oxygen atoms in total. The quantitative estimate of drug-likeness (QED) is 0.184. The summed E-state index contributed by atoms with van der Waals surface area (Å²) in [5.41, 5.74) is 6.86. The highest BCUT2D eigenvalue weighted by molar-refractivity contribution is 5.80. The van der Waals surface area contributed by atoms with Crippen LogP contribution in [0, 0.1) is 5.92 Å². The maximum Gasteiger partial charge on any atom is 0.329 e. The summed E-state index contributed by atoms with van der Waals surface area (Å²) in [5, 5.41) is 14.6. The molecular formula is C33H38N6O3. The van der Waals surface area contributed by atoms with Crippen molar-refractivity contribution in [3.63, 3.8) is 0 Å². The van der Waals surface area contributed by atoms with Gasteiger partial charge in [-0.15, -0.1) is 10.2 Å². The summed E-state index contributed by atoms with van der Waals surface area (Å²) in [6.07, 6.45) is 1.79. The Morgan fingerprint density at radius 3 is 2.14 bits per heavy atom. The van der Waals surface area contributed by atoms with Crippen molar-refractivity contribution in [1.82, 2.24) is 29.8 Å². The first kappa shape index (κ1) is 29.2. The van der Waals surface area contributed by atoms with Gasteiger partial charge in [0.05, 0.1) is 12.2 Å². The number of nitrogens with zero attached hydrogens (tertiary/aromatic N) is 5. The molecule has 2 aromatic heterocycles.